The van der Waals surface area contributed by atoms with Crippen LogP contribution in [0.4, 0.5) is 8.78 Å². The van der Waals surface area contributed by atoms with Gasteiger partial charge >= 0.3 is 0 Å². The van der Waals surface area contributed by atoms with Crippen LogP contribution in [0.25, 0.3) is 11.0 Å². The molecule has 0 saturated carbocycles. The Morgan fingerprint density at radius 3 is 2.80 bits per heavy atom. The van der Waals surface area contributed by atoms with Gasteiger partial charge in [0.1, 0.15) is 5.52 Å². The first-order valence-corrected chi connectivity index (χ1v) is 6.69. The molecular weight excluding hydrogens is 286 g/mol. The molecular formula is C13H16F2N2O2S. The quantitative estimate of drug-likeness (QED) is 0.631. The topological polar surface area (TPSA) is 39.2 Å². The molecule has 0 saturated heterocycles. The molecule has 0 amide bonds. The lowest BCUT2D eigenvalue weighted by Crippen LogP contribution is -2.07. The number of methoxy groups -OCH3 is 1. The van der Waals surface area contributed by atoms with Crippen LogP contribution >= 0.6 is 12.2 Å². The van der Waals surface area contributed by atoms with E-state index in [1.807, 2.05) is 0 Å². The van der Waals surface area contributed by atoms with E-state index in [2.05, 4.69) is 4.98 Å². The molecule has 1 N–H and O–H groups in total. The van der Waals surface area contributed by atoms with Gasteiger partial charge in [0.15, 0.2) is 16.4 Å². The average Bonchev–Trinajstić information content (AvgIpc) is 2.75. The number of imidazole rings is 1. The molecule has 0 fully saturated rings. The van der Waals surface area contributed by atoms with Crippen molar-refractivity contribution < 1.29 is 18.3 Å². The third kappa shape index (κ3) is 3.23. The van der Waals surface area contributed by atoms with Gasteiger partial charge in [-0.3, -0.25) is 0 Å². The Balaban J connectivity index is 2.08. The number of ether oxygens (including phenoxy) is 2. The standard InChI is InChI=1S/C13H16F2N2O2S/c1-18-7-8-19-6-2-5-17-12-10(16-13(17)20)4-3-9(14)11(12)15/h3-4H,2,5-8H2,1H3,(H,16,20). The van der Waals surface area contributed by atoms with Crippen molar-refractivity contribution in [1.82, 2.24) is 9.55 Å². The highest BCUT2D eigenvalue weighted by Gasteiger charge is 2.13. The van der Waals surface area contributed by atoms with Crippen molar-refractivity contribution >= 4 is 23.3 Å². The van der Waals surface area contributed by atoms with Gasteiger partial charge in [0, 0.05) is 20.3 Å². The highest BCUT2D eigenvalue weighted by atomic mass is 32.1. The number of hydrogen-bond acceptors (Lipinski definition) is 3. The van der Waals surface area contributed by atoms with Gasteiger partial charge in [-0.1, -0.05) is 0 Å². The average molecular weight is 302 g/mol. The molecule has 1 heterocycles. The Kier molecular flexibility index (Phi) is 5.22. The number of aromatic amines is 1. The van der Waals surface area contributed by atoms with Crippen LogP contribution in [0.3, 0.4) is 0 Å². The molecule has 0 bridgehead atoms. The number of nitrogens with one attached hydrogen (secondary N) is 1. The van der Waals surface area contributed by atoms with Crippen LogP contribution in [0, 0.1) is 16.4 Å². The van der Waals surface area contributed by atoms with Crippen molar-refractivity contribution in [3.8, 4) is 0 Å². The highest BCUT2D eigenvalue weighted by Crippen LogP contribution is 2.20. The van der Waals surface area contributed by atoms with E-state index in [1.165, 1.54) is 6.07 Å². The zero-order chi connectivity index (χ0) is 14.5. The summed E-state index contributed by atoms with van der Waals surface area (Å²) in [6.45, 7) is 2.02. The van der Waals surface area contributed by atoms with E-state index in [1.54, 1.807) is 11.7 Å². The SMILES string of the molecule is COCCOCCCn1c(=S)[nH]c2ccc(F)c(F)c21. The second-order valence-electron chi connectivity index (χ2n) is 4.30. The van der Waals surface area contributed by atoms with E-state index in [9.17, 15) is 8.78 Å². The van der Waals surface area contributed by atoms with Gasteiger partial charge in [0.25, 0.3) is 0 Å². The number of halogens is 2. The summed E-state index contributed by atoms with van der Waals surface area (Å²) in [6, 6.07) is 2.57. The van der Waals surface area contributed by atoms with E-state index in [4.69, 9.17) is 21.7 Å². The Labute approximate surface area is 120 Å². The minimum absolute atomic E-state index is 0.173. The van der Waals surface area contributed by atoms with Crippen LogP contribution < -0.4 is 0 Å². The van der Waals surface area contributed by atoms with Crippen molar-refractivity contribution in [3.63, 3.8) is 0 Å². The van der Waals surface area contributed by atoms with Gasteiger partial charge < -0.3 is 19.0 Å². The van der Waals surface area contributed by atoms with Gasteiger partial charge in [0.05, 0.1) is 18.7 Å². The van der Waals surface area contributed by atoms with Crippen molar-refractivity contribution in [2.45, 2.75) is 13.0 Å². The van der Waals surface area contributed by atoms with Gasteiger partial charge in [0.2, 0.25) is 0 Å². The van der Waals surface area contributed by atoms with Gasteiger partial charge in [-0.25, -0.2) is 8.78 Å². The van der Waals surface area contributed by atoms with Gasteiger partial charge in [-0.15, -0.1) is 0 Å². The highest BCUT2D eigenvalue weighted by molar-refractivity contribution is 7.71. The number of fused-ring (bicyclic) bond motifs is 1. The van der Waals surface area contributed by atoms with Crippen LogP contribution in [0.2, 0.25) is 0 Å². The summed E-state index contributed by atoms with van der Waals surface area (Å²) in [7, 11) is 1.60. The number of aromatic nitrogens is 2. The Hall–Kier alpha value is -1.31. The fourth-order valence-corrected chi connectivity index (χ4v) is 2.26. The summed E-state index contributed by atoms with van der Waals surface area (Å²) in [5, 5.41) is 0. The molecule has 0 unspecified atom stereocenters. The molecule has 0 aliphatic heterocycles. The van der Waals surface area contributed by atoms with Crippen molar-refractivity contribution in [3.05, 3.63) is 28.5 Å². The van der Waals surface area contributed by atoms with E-state index in [-0.39, 0.29) is 5.52 Å². The molecule has 0 aliphatic carbocycles. The predicted molar refractivity (Wildman–Crippen MR) is 74.4 cm³/mol. The first-order chi connectivity index (χ1) is 9.65. The van der Waals surface area contributed by atoms with E-state index in [0.29, 0.717) is 43.1 Å². The van der Waals surface area contributed by atoms with Crippen LogP contribution in [-0.4, -0.2) is 36.5 Å². The number of hydrogen-bond donors (Lipinski definition) is 1. The Bertz CT molecular complexity index is 639. The minimum Gasteiger partial charge on any atom is -0.382 e. The summed E-state index contributed by atoms with van der Waals surface area (Å²) in [4.78, 5) is 2.87. The van der Waals surface area contributed by atoms with E-state index < -0.39 is 11.6 Å². The third-order valence-electron chi connectivity index (χ3n) is 2.93. The maximum absolute atomic E-state index is 13.8. The van der Waals surface area contributed by atoms with Crippen molar-refractivity contribution in [2.24, 2.45) is 0 Å². The normalized spacial score (nSPS) is 11.3. The third-order valence-corrected chi connectivity index (χ3v) is 3.25. The molecule has 1 aromatic heterocycles. The molecule has 0 atom stereocenters. The number of H-pyrrole nitrogens is 1. The predicted octanol–water partition coefficient (Wildman–Crippen LogP) is 3.03. The summed E-state index contributed by atoms with van der Waals surface area (Å²) >= 11 is 5.13. The number of nitrogens with zero attached hydrogens (tertiary/aromatic N) is 1. The number of benzene rings is 1. The Morgan fingerprint density at radius 2 is 2.05 bits per heavy atom. The van der Waals surface area contributed by atoms with Crippen molar-refractivity contribution in [1.29, 1.82) is 0 Å². The molecule has 20 heavy (non-hydrogen) atoms. The van der Waals surface area contributed by atoms with Gasteiger partial charge in [-0.05, 0) is 30.8 Å². The second-order valence-corrected chi connectivity index (χ2v) is 4.68. The Morgan fingerprint density at radius 1 is 1.25 bits per heavy atom. The lowest BCUT2D eigenvalue weighted by atomic mass is 10.3. The molecule has 4 nitrogen and oxygen atoms in total. The maximum atomic E-state index is 13.8. The summed E-state index contributed by atoms with van der Waals surface area (Å²) < 4.78 is 39.2. The summed E-state index contributed by atoms with van der Waals surface area (Å²) in [5.41, 5.74) is 0.668. The molecule has 1 aromatic carbocycles. The minimum atomic E-state index is -0.879. The zero-order valence-corrected chi connectivity index (χ0v) is 11.9. The lowest BCUT2D eigenvalue weighted by molar-refractivity contribution is 0.0681. The van der Waals surface area contributed by atoms with Crippen LogP contribution in [0.5, 0.6) is 0 Å². The number of rotatable bonds is 7. The van der Waals surface area contributed by atoms with Crippen LogP contribution in [-0.2, 0) is 16.0 Å². The number of aryl methyl sites for hydroxylation is 1. The monoisotopic (exact) mass is 302 g/mol. The second kappa shape index (κ2) is 6.92. The maximum Gasteiger partial charge on any atom is 0.184 e. The molecule has 0 spiro atoms. The van der Waals surface area contributed by atoms with E-state index in [0.717, 1.165) is 6.07 Å². The molecule has 2 aromatic rings. The fourth-order valence-electron chi connectivity index (χ4n) is 1.97. The van der Waals surface area contributed by atoms with Crippen molar-refractivity contribution in [2.75, 3.05) is 26.9 Å². The fraction of sp³-hybridized carbons (Fsp3) is 0.462. The first kappa shape index (κ1) is 15.1. The van der Waals surface area contributed by atoms with Crippen LogP contribution in [0.1, 0.15) is 6.42 Å². The molecule has 0 aliphatic rings. The first-order valence-electron chi connectivity index (χ1n) is 6.28. The summed E-state index contributed by atoms with van der Waals surface area (Å²) in [5.74, 6) is -1.76. The molecule has 110 valence electrons. The molecule has 0 radical (unpaired) electrons. The smallest absolute Gasteiger partial charge is 0.184 e. The zero-order valence-electron chi connectivity index (χ0n) is 11.1. The molecule has 2 rings (SSSR count). The summed E-state index contributed by atoms with van der Waals surface area (Å²) in [6.07, 6.45) is 0.654. The largest absolute Gasteiger partial charge is 0.382 e. The van der Waals surface area contributed by atoms with E-state index >= 15 is 0 Å². The molecule has 7 heteroatoms. The van der Waals surface area contributed by atoms with Gasteiger partial charge in [-0.2, -0.15) is 0 Å². The lowest BCUT2D eigenvalue weighted by Gasteiger charge is -2.06. The van der Waals surface area contributed by atoms with Crippen LogP contribution in [0.15, 0.2) is 12.1 Å².